The fraction of sp³-hybridized carbons (Fsp3) is 0.278. The van der Waals surface area contributed by atoms with Gasteiger partial charge in [0.15, 0.2) is 0 Å². The maximum Gasteiger partial charge on any atom is 0.253 e. The Morgan fingerprint density at radius 3 is 2.46 bits per heavy atom. The molecule has 1 fully saturated rings. The minimum atomic E-state index is -0.416. The van der Waals surface area contributed by atoms with E-state index in [9.17, 15) is 14.0 Å². The van der Waals surface area contributed by atoms with Crippen LogP contribution >= 0.6 is 0 Å². The average Bonchev–Trinajstić information content (AvgIpc) is 2.62. The molecule has 24 heavy (non-hydrogen) atoms. The van der Waals surface area contributed by atoms with E-state index in [-0.39, 0.29) is 17.9 Å². The molecule has 0 radical (unpaired) electrons. The minimum Gasteiger partial charge on any atom is -0.349 e. The van der Waals surface area contributed by atoms with Gasteiger partial charge in [0.2, 0.25) is 0 Å². The second kappa shape index (κ2) is 7.21. The van der Waals surface area contributed by atoms with Crippen molar-refractivity contribution in [2.75, 3.05) is 13.1 Å². The number of rotatable bonds is 3. The van der Waals surface area contributed by atoms with E-state index < -0.39 is 5.82 Å². The van der Waals surface area contributed by atoms with Gasteiger partial charge in [-0.15, -0.1) is 0 Å². The number of likely N-dealkylation sites (tertiary alicyclic amines) is 1. The second-order valence-electron chi connectivity index (χ2n) is 5.79. The van der Waals surface area contributed by atoms with Gasteiger partial charge in [-0.2, -0.15) is 0 Å². The summed E-state index contributed by atoms with van der Waals surface area (Å²) in [6.07, 6.45) is 4.51. The number of amides is 2. The molecule has 0 bridgehead atoms. The maximum absolute atomic E-state index is 13.2. The van der Waals surface area contributed by atoms with Crippen LogP contribution in [0.25, 0.3) is 0 Å². The van der Waals surface area contributed by atoms with Crippen molar-refractivity contribution in [1.82, 2.24) is 15.2 Å². The Balaban J connectivity index is 1.54. The highest BCUT2D eigenvalue weighted by atomic mass is 19.1. The van der Waals surface area contributed by atoms with Gasteiger partial charge >= 0.3 is 0 Å². The Kier molecular flexibility index (Phi) is 4.84. The topological polar surface area (TPSA) is 62.3 Å². The van der Waals surface area contributed by atoms with Crippen LogP contribution in [0.2, 0.25) is 0 Å². The molecule has 2 amide bonds. The van der Waals surface area contributed by atoms with E-state index in [0.717, 1.165) is 0 Å². The summed E-state index contributed by atoms with van der Waals surface area (Å²) in [5, 5.41) is 2.98. The molecular formula is C18H18FN3O2. The number of benzene rings is 1. The Morgan fingerprint density at radius 1 is 1.08 bits per heavy atom. The lowest BCUT2D eigenvalue weighted by Crippen LogP contribution is -2.46. The fourth-order valence-electron chi connectivity index (χ4n) is 2.80. The summed E-state index contributed by atoms with van der Waals surface area (Å²) >= 11 is 0. The molecule has 1 aliphatic heterocycles. The number of aromatic nitrogens is 1. The lowest BCUT2D eigenvalue weighted by atomic mass is 10.0. The molecule has 1 aromatic heterocycles. The van der Waals surface area contributed by atoms with E-state index in [1.54, 1.807) is 35.5 Å². The number of pyridine rings is 1. The van der Waals surface area contributed by atoms with Crippen LogP contribution in [0.5, 0.6) is 0 Å². The first-order chi connectivity index (χ1) is 11.6. The number of hydrogen-bond donors (Lipinski definition) is 1. The third-order valence-corrected chi connectivity index (χ3v) is 4.13. The van der Waals surface area contributed by atoms with Gasteiger partial charge in [0, 0.05) is 42.7 Å². The average molecular weight is 327 g/mol. The van der Waals surface area contributed by atoms with Crippen molar-refractivity contribution in [3.8, 4) is 0 Å². The van der Waals surface area contributed by atoms with Crippen molar-refractivity contribution in [3.63, 3.8) is 0 Å². The third kappa shape index (κ3) is 3.76. The third-order valence-electron chi connectivity index (χ3n) is 4.13. The molecule has 3 rings (SSSR count). The predicted octanol–water partition coefficient (Wildman–Crippen LogP) is 2.26. The molecule has 1 aromatic carbocycles. The normalized spacial score (nSPS) is 15.1. The zero-order valence-corrected chi connectivity index (χ0v) is 13.1. The molecule has 0 spiro atoms. The first kappa shape index (κ1) is 16.1. The van der Waals surface area contributed by atoms with Gasteiger partial charge in [-0.1, -0.05) is 6.07 Å². The van der Waals surface area contributed by atoms with Gasteiger partial charge < -0.3 is 10.2 Å². The van der Waals surface area contributed by atoms with Crippen LogP contribution in [0.15, 0.2) is 48.8 Å². The first-order valence-corrected chi connectivity index (χ1v) is 7.89. The van der Waals surface area contributed by atoms with Gasteiger partial charge in [0.1, 0.15) is 5.82 Å². The standard InChI is InChI=1S/C18H18FN3O2/c19-15-3-1-2-14(12-15)18(24)22-10-6-16(7-11-22)21-17(23)13-4-8-20-9-5-13/h1-5,8-9,12,16H,6-7,10-11H2,(H,21,23). The highest BCUT2D eigenvalue weighted by Crippen LogP contribution is 2.15. The number of halogens is 1. The molecule has 124 valence electrons. The SMILES string of the molecule is O=C(NC1CCN(C(=O)c2cccc(F)c2)CC1)c1ccncc1. The summed E-state index contributed by atoms with van der Waals surface area (Å²) in [7, 11) is 0. The Labute approximate surface area is 139 Å². The van der Waals surface area contributed by atoms with Crippen molar-refractivity contribution < 1.29 is 14.0 Å². The summed E-state index contributed by atoms with van der Waals surface area (Å²) < 4.78 is 13.2. The maximum atomic E-state index is 13.2. The molecule has 1 N–H and O–H groups in total. The molecule has 0 unspecified atom stereocenters. The lowest BCUT2D eigenvalue weighted by molar-refractivity contribution is 0.0697. The lowest BCUT2D eigenvalue weighted by Gasteiger charge is -2.32. The molecule has 1 aliphatic rings. The molecule has 2 heterocycles. The van der Waals surface area contributed by atoms with Crippen LogP contribution in [0.3, 0.4) is 0 Å². The zero-order chi connectivity index (χ0) is 16.9. The van der Waals surface area contributed by atoms with E-state index in [2.05, 4.69) is 10.3 Å². The summed E-state index contributed by atoms with van der Waals surface area (Å²) in [6.45, 7) is 1.08. The van der Waals surface area contributed by atoms with Gasteiger partial charge in [-0.05, 0) is 43.2 Å². The van der Waals surface area contributed by atoms with Crippen LogP contribution in [-0.2, 0) is 0 Å². The molecule has 2 aromatic rings. The molecule has 0 aliphatic carbocycles. The van der Waals surface area contributed by atoms with Gasteiger partial charge in [-0.25, -0.2) is 4.39 Å². The summed E-state index contributed by atoms with van der Waals surface area (Å²) in [5.74, 6) is -0.721. The zero-order valence-electron chi connectivity index (χ0n) is 13.1. The molecule has 6 heteroatoms. The van der Waals surface area contributed by atoms with Crippen LogP contribution < -0.4 is 5.32 Å². The molecule has 0 atom stereocenters. The fourth-order valence-corrected chi connectivity index (χ4v) is 2.80. The van der Waals surface area contributed by atoms with Gasteiger partial charge in [-0.3, -0.25) is 14.6 Å². The Morgan fingerprint density at radius 2 is 1.79 bits per heavy atom. The predicted molar refractivity (Wildman–Crippen MR) is 87.0 cm³/mol. The van der Waals surface area contributed by atoms with Crippen LogP contribution in [-0.4, -0.2) is 40.8 Å². The molecule has 1 saturated heterocycles. The number of carbonyl (C=O) groups excluding carboxylic acids is 2. The first-order valence-electron chi connectivity index (χ1n) is 7.89. The van der Waals surface area contributed by atoms with E-state index in [1.807, 2.05) is 0 Å². The van der Waals surface area contributed by atoms with E-state index in [0.29, 0.717) is 37.1 Å². The number of piperidine rings is 1. The van der Waals surface area contributed by atoms with E-state index in [1.165, 1.54) is 18.2 Å². The number of nitrogens with one attached hydrogen (secondary N) is 1. The highest BCUT2D eigenvalue weighted by molar-refractivity contribution is 5.95. The van der Waals surface area contributed by atoms with Gasteiger partial charge in [0.25, 0.3) is 11.8 Å². The van der Waals surface area contributed by atoms with Crippen molar-refractivity contribution in [3.05, 3.63) is 65.7 Å². The van der Waals surface area contributed by atoms with Crippen LogP contribution in [0.1, 0.15) is 33.6 Å². The monoisotopic (exact) mass is 327 g/mol. The Bertz CT molecular complexity index is 728. The summed E-state index contributed by atoms with van der Waals surface area (Å²) in [6, 6.07) is 9.07. The van der Waals surface area contributed by atoms with Crippen LogP contribution in [0.4, 0.5) is 4.39 Å². The largest absolute Gasteiger partial charge is 0.349 e. The van der Waals surface area contributed by atoms with E-state index >= 15 is 0 Å². The van der Waals surface area contributed by atoms with E-state index in [4.69, 9.17) is 0 Å². The second-order valence-corrected chi connectivity index (χ2v) is 5.79. The van der Waals surface area contributed by atoms with Crippen molar-refractivity contribution >= 4 is 11.8 Å². The Hall–Kier alpha value is -2.76. The summed E-state index contributed by atoms with van der Waals surface area (Å²) in [5.41, 5.74) is 0.928. The van der Waals surface area contributed by atoms with Crippen LogP contribution in [0, 0.1) is 5.82 Å². The van der Waals surface area contributed by atoms with Crippen molar-refractivity contribution in [2.24, 2.45) is 0 Å². The minimum absolute atomic E-state index is 0.0298. The highest BCUT2D eigenvalue weighted by Gasteiger charge is 2.25. The smallest absolute Gasteiger partial charge is 0.253 e. The number of carbonyl (C=O) groups is 2. The summed E-state index contributed by atoms with van der Waals surface area (Å²) in [4.78, 5) is 30.1. The number of nitrogens with zero attached hydrogens (tertiary/aromatic N) is 2. The van der Waals surface area contributed by atoms with Gasteiger partial charge in [0.05, 0.1) is 0 Å². The molecule has 5 nitrogen and oxygen atoms in total. The molecule has 0 saturated carbocycles. The number of hydrogen-bond acceptors (Lipinski definition) is 3. The quantitative estimate of drug-likeness (QED) is 0.940. The van der Waals surface area contributed by atoms with Crippen molar-refractivity contribution in [1.29, 1.82) is 0 Å². The van der Waals surface area contributed by atoms with Crippen molar-refractivity contribution in [2.45, 2.75) is 18.9 Å². The molecular weight excluding hydrogens is 309 g/mol.